The molecule has 31 heavy (non-hydrogen) atoms. The van der Waals surface area contributed by atoms with E-state index in [1.165, 1.54) is 28.4 Å². The third kappa shape index (κ3) is 5.31. The Morgan fingerprint density at radius 3 is 2.74 bits per heavy atom. The smallest absolute Gasteiger partial charge is 0.345 e. The molecular weight excluding hydrogens is 424 g/mol. The Morgan fingerprint density at radius 1 is 1.26 bits per heavy atom. The van der Waals surface area contributed by atoms with E-state index in [-0.39, 0.29) is 23.7 Å². The maximum Gasteiger partial charge on any atom is 0.345 e. The first kappa shape index (κ1) is 22.1. The van der Waals surface area contributed by atoms with Crippen LogP contribution < -0.4 is 0 Å². The zero-order chi connectivity index (χ0) is 22.4. The van der Waals surface area contributed by atoms with Crippen LogP contribution in [-0.2, 0) is 16.1 Å². The van der Waals surface area contributed by atoms with Crippen molar-refractivity contribution in [2.24, 2.45) is 0 Å². The molecule has 0 N–H and O–H groups in total. The number of amides is 1. The van der Waals surface area contributed by atoms with Crippen LogP contribution in [0, 0.1) is 17.0 Å². The maximum absolute atomic E-state index is 12.6. The fourth-order valence-corrected chi connectivity index (χ4v) is 3.55. The first-order chi connectivity index (χ1) is 14.9. The minimum absolute atomic E-state index is 0.0626. The summed E-state index contributed by atoms with van der Waals surface area (Å²) in [6.07, 6.45) is 0.662. The minimum Gasteiger partial charge on any atom is -0.452 e. The van der Waals surface area contributed by atoms with Crippen molar-refractivity contribution < 1.29 is 23.7 Å². The van der Waals surface area contributed by atoms with Crippen LogP contribution in [0.1, 0.15) is 35.2 Å². The summed E-state index contributed by atoms with van der Waals surface area (Å²) >= 11 is 1.46. The van der Waals surface area contributed by atoms with E-state index in [1.54, 1.807) is 13.0 Å². The fourth-order valence-electron chi connectivity index (χ4n) is 2.90. The standard InChI is InChI=1S/C20H20N4O6S/c1-3-9-23(11-16-21-22-19(30-16)15-8-5-10-31-15)17(25)12-29-20(26)18-13(2)6-4-7-14(18)24(27)28/h4-8,10H,3,9,11-12H2,1-2H3. The average Bonchev–Trinajstić information content (AvgIpc) is 3.43. The molecule has 0 bridgehead atoms. The van der Waals surface area contributed by atoms with Gasteiger partial charge in [0, 0.05) is 12.6 Å². The molecule has 0 aliphatic carbocycles. The van der Waals surface area contributed by atoms with E-state index in [0.717, 1.165) is 4.88 Å². The van der Waals surface area contributed by atoms with Crippen LogP contribution in [0.5, 0.6) is 0 Å². The second-order valence-electron chi connectivity index (χ2n) is 6.60. The average molecular weight is 444 g/mol. The first-order valence-electron chi connectivity index (χ1n) is 9.45. The molecule has 1 amide bonds. The van der Waals surface area contributed by atoms with Gasteiger partial charge in [0.25, 0.3) is 17.5 Å². The van der Waals surface area contributed by atoms with E-state index in [1.807, 2.05) is 24.4 Å². The Balaban J connectivity index is 1.66. The van der Waals surface area contributed by atoms with Gasteiger partial charge in [-0.15, -0.1) is 21.5 Å². The number of aromatic nitrogens is 2. The summed E-state index contributed by atoms with van der Waals surface area (Å²) in [6, 6.07) is 7.98. The zero-order valence-corrected chi connectivity index (χ0v) is 17.8. The monoisotopic (exact) mass is 444 g/mol. The SMILES string of the molecule is CCCN(Cc1nnc(-c2cccs2)o1)C(=O)COC(=O)c1c(C)cccc1[N+](=O)[O-]. The summed E-state index contributed by atoms with van der Waals surface area (Å²) in [5, 5.41) is 21.1. The van der Waals surface area contributed by atoms with Gasteiger partial charge < -0.3 is 14.1 Å². The van der Waals surface area contributed by atoms with Crippen LogP contribution >= 0.6 is 11.3 Å². The number of aryl methyl sites for hydroxylation is 1. The molecule has 10 nitrogen and oxygen atoms in total. The van der Waals surface area contributed by atoms with Crippen LogP contribution in [0.15, 0.2) is 40.1 Å². The first-order valence-corrected chi connectivity index (χ1v) is 10.3. The number of nitro benzene ring substituents is 1. The molecular formula is C20H20N4O6S. The summed E-state index contributed by atoms with van der Waals surface area (Å²) in [7, 11) is 0. The van der Waals surface area contributed by atoms with Crippen LogP contribution in [0.2, 0.25) is 0 Å². The number of carbonyl (C=O) groups excluding carboxylic acids is 2. The number of hydrogen-bond acceptors (Lipinski definition) is 9. The van der Waals surface area contributed by atoms with Gasteiger partial charge in [-0.25, -0.2) is 4.79 Å². The molecule has 3 rings (SSSR count). The van der Waals surface area contributed by atoms with E-state index < -0.39 is 23.4 Å². The molecule has 0 aliphatic heterocycles. The van der Waals surface area contributed by atoms with Crippen LogP contribution in [0.4, 0.5) is 5.69 Å². The quantitative estimate of drug-likeness (QED) is 0.278. The fraction of sp³-hybridized carbons (Fsp3) is 0.300. The number of carbonyl (C=O) groups is 2. The second kappa shape index (κ2) is 9.94. The van der Waals surface area contributed by atoms with Gasteiger partial charge in [0.15, 0.2) is 6.61 Å². The lowest BCUT2D eigenvalue weighted by atomic mass is 10.1. The van der Waals surface area contributed by atoms with Gasteiger partial charge in [0.05, 0.1) is 16.3 Å². The summed E-state index contributed by atoms with van der Waals surface area (Å²) in [4.78, 5) is 37.9. The Labute approximate surface area is 181 Å². The predicted octanol–water partition coefficient (Wildman–Crippen LogP) is 3.61. The molecule has 3 aromatic rings. The Morgan fingerprint density at radius 2 is 2.06 bits per heavy atom. The van der Waals surface area contributed by atoms with E-state index in [4.69, 9.17) is 9.15 Å². The van der Waals surface area contributed by atoms with Gasteiger partial charge in [0.1, 0.15) is 5.56 Å². The third-order valence-electron chi connectivity index (χ3n) is 4.35. The largest absolute Gasteiger partial charge is 0.452 e. The van der Waals surface area contributed by atoms with Crippen LogP contribution in [0.25, 0.3) is 10.8 Å². The molecule has 0 saturated heterocycles. The molecule has 0 aliphatic rings. The number of thiophene rings is 1. The van der Waals surface area contributed by atoms with Gasteiger partial charge >= 0.3 is 5.97 Å². The van der Waals surface area contributed by atoms with Gasteiger partial charge in [0.2, 0.25) is 5.89 Å². The van der Waals surface area contributed by atoms with Gasteiger partial charge in [-0.3, -0.25) is 14.9 Å². The van der Waals surface area contributed by atoms with Crippen molar-refractivity contribution in [3.63, 3.8) is 0 Å². The molecule has 0 fully saturated rings. The predicted molar refractivity (Wildman–Crippen MR) is 111 cm³/mol. The van der Waals surface area contributed by atoms with Crippen LogP contribution in [0.3, 0.4) is 0 Å². The molecule has 1 aromatic carbocycles. The number of rotatable bonds is 9. The molecule has 0 atom stereocenters. The lowest BCUT2D eigenvalue weighted by Crippen LogP contribution is -2.35. The van der Waals surface area contributed by atoms with Crippen molar-refractivity contribution in [1.29, 1.82) is 0 Å². The zero-order valence-electron chi connectivity index (χ0n) is 16.9. The topological polar surface area (TPSA) is 129 Å². The van der Waals surface area contributed by atoms with E-state index in [9.17, 15) is 19.7 Å². The summed E-state index contributed by atoms with van der Waals surface area (Å²) in [6.45, 7) is 3.35. The molecule has 0 saturated carbocycles. The number of ether oxygens (including phenoxy) is 1. The van der Waals surface area contributed by atoms with Crippen molar-refractivity contribution in [3.05, 3.63) is 62.8 Å². The van der Waals surface area contributed by atoms with Crippen molar-refractivity contribution >= 4 is 28.9 Å². The lowest BCUT2D eigenvalue weighted by molar-refractivity contribution is -0.385. The van der Waals surface area contributed by atoms with Crippen molar-refractivity contribution in [2.75, 3.05) is 13.2 Å². The van der Waals surface area contributed by atoms with E-state index in [2.05, 4.69) is 10.2 Å². The molecule has 0 unspecified atom stereocenters. The molecule has 2 heterocycles. The van der Waals surface area contributed by atoms with Crippen LogP contribution in [-0.4, -0.2) is 45.0 Å². The molecule has 2 aromatic heterocycles. The third-order valence-corrected chi connectivity index (χ3v) is 5.21. The second-order valence-corrected chi connectivity index (χ2v) is 7.54. The van der Waals surface area contributed by atoms with Gasteiger partial charge in [-0.2, -0.15) is 0 Å². The normalized spacial score (nSPS) is 10.6. The van der Waals surface area contributed by atoms with Gasteiger partial charge in [-0.05, 0) is 30.4 Å². The lowest BCUT2D eigenvalue weighted by Gasteiger charge is -2.20. The summed E-state index contributed by atoms with van der Waals surface area (Å²) in [5.41, 5.74) is -0.140. The Hall–Kier alpha value is -3.60. The Bertz CT molecular complexity index is 1080. The highest BCUT2D eigenvalue weighted by Crippen LogP contribution is 2.24. The van der Waals surface area contributed by atoms with Crippen molar-refractivity contribution in [1.82, 2.24) is 15.1 Å². The number of esters is 1. The number of hydrogen-bond donors (Lipinski definition) is 0. The van der Waals surface area contributed by atoms with E-state index in [0.29, 0.717) is 24.4 Å². The number of benzene rings is 1. The van der Waals surface area contributed by atoms with Crippen molar-refractivity contribution in [2.45, 2.75) is 26.8 Å². The molecule has 0 radical (unpaired) electrons. The molecule has 11 heteroatoms. The van der Waals surface area contributed by atoms with E-state index >= 15 is 0 Å². The summed E-state index contributed by atoms with van der Waals surface area (Å²) in [5.74, 6) is -0.770. The highest BCUT2D eigenvalue weighted by molar-refractivity contribution is 7.13. The van der Waals surface area contributed by atoms with Crippen molar-refractivity contribution in [3.8, 4) is 10.8 Å². The van der Waals surface area contributed by atoms with Gasteiger partial charge in [-0.1, -0.05) is 25.1 Å². The highest BCUT2D eigenvalue weighted by atomic mass is 32.1. The summed E-state index contributed by atoms with van der Waals surface area (Å²) < 4.78 is 10.7. The minimum atomic E-state index is -0.924. The number of nitro groups is 1. The molecule has 162 valence electrons. The number of nitrogens with zero attached hydrogens (tertiary/aromatic N) is 4. The molecule has 0 spiro atoms. The Kier molecular flexibility index (Phi) is 7.08. The maximum atomic E-state index is 12.6. The highest BCUT2D eigenvalue weighted by Gasteiger charge is 2.25.